The Morgan fingerprint density at radius 3 is 2.00 bits per heavy atom. The van der Waals surface area contributed by atoms with Crippen LogP contribution < -0.4 is 10.6 Å². The third-order valence-electron chi connectivity index (χ3n) is 5.41. The molecule has 0 saturated heterocycles. The summed E-state index contributed by atoms with van der Waals surface area (Å²) in [6.45, 7) is 0. The number of carbonyl (C=O) groups excluding carboxylic acids is 3. The van der Waals surface area contributed by atoms with Crippen LogP contribution in [0.5, 0.6) is 0 Å². The van der Waals surface area contributed by atoms with Gasteiger partial charge in [-0.15, -0.1) is 0 Å². The first-order chi connectivity index (χ1) is 19.6. The number of hydrogen-bond acceptors (Lipinski definition) is 7. The van der Waals surface area contributed by atoms with E-state index in [1.54, 1.807) is 12.3 Å². The van der Waals surface area contributed by atoms with Gasteiger partial charge in [0.1, 0.15) is 10.3 Å². The molecule has 6 heterocycles. The molecule has 0 bridgehead atoms. The number of amides is 2. The van der Waals surface area contributed by atoms with E-state index in [1.807, 2.05) is 0 Å². The Balaban J connectivity index is 0.000000156. The van der Waals surface area contributed by atoms with Crippen LogP contribution in [-0.2, 0) is 16.0 Å². The number of nitrogens with zero attached hydrogens (tertiary/aromatic N) is 4. The lowest BCUT2D eigenvalue weighted by atomic mass is 10.1. The lowest BCUT2D eigenvalue weighted by Gasteiger charge is -2.00. The fourth-order valence-corrected chi connectivity index (χ4v) is 4.15. The maximum Gasteiger partial charge on any atom is 0.256 e. The van der Waals surface area contributed by atoms with Gasteiger partial charge in [-0.05, 0) is 30.3 Å². The summed E-state index contributed by atoms with van der Waals surface area (Å²) in [5, 5.41) is 5.47. The number of aromatic nitrogens is 4. The second-order valence-electron chi connectivity index (χ2n) is 8.08. The van der Waals surface area contributed by atoms with Crippen LogP contribution >= 0.6 is 46.4 Å². The predicted octanol–water partition coefficient (Wildman–Crippen LogP) is 6.33. The fourth-order valence-electron chi connectivity index (χ4n) is 3.51. The quantitative estimate of drug-likeness (QED) is 0.149. The molecule has 0 atom stereocenters. The van der Waals surface area contributed by atoms with Gasteiger partial charge in [0.15, 0.2) is 28.2 Å². The molecule has 2 aliphatic heterocycles. The molecule has 6 rings (SSSR count). The van der Waals surface area contributed by atoms with Gasteiger partial charge in [-0.2, -0.15) is 0 Å². The number of rotatable bonds is 2. The highest BCUT2D eigenvalue weighted by Crippen LogP contribution is 2.34. The largest absolute Gasteiger partial charge is 0.325 e. The second-order valence-corrected chi connectivity index (χ2v) is 9.57. The van der Waals surface area contributed by atoms with Gasteiger partial charge in [0.25, 0.3) is 5.91 Å². The van der Waals surface area contributed by atoms with Gasteiger partial charge < -0.3 is 10.6 Å². The summed E-state index contributed by atoms with van der Waals surface area (Å²) in [5.41, 5.74) is 3.21. The van der Waals surface area contributed by atoms with Gasteiger partial charge >= 0.3 is 0 Å². The molecule has 4 aromatic rings. The van der Waals surface area contributed by atoms with Crippen LogP contribution in [0.3, 0.4) is 0 Å². The van der Waals surface area contributed by atoms with Crippen molar-refractivity contribution in [1.82, 2.24) is 19.9 Å². The topological polar surface area (TPSA) is 127 Å². The minimum absolute atomic E-state index is 0.00377. The Morgan fingerprint density at radius 1 is 0.780 bits per heavy atom. The highest BCUT2D eigenvalue weighted by molar-refractivity contribution is 6.36. The highest BCUT2D eigenvalue weighted by Gasteiger charge is 2.25. The molecule has 9 nitrogen and oxygen atoms in total. The fraction of sp³-hybridized carbons (Fsp3) is 0.0385. The molecule has 15 heteroatoms. The Bertz CT molecular complexity index is 1720. The molecule has 0 unspecified atom stereocenters. The van der Waals surface area contributed by atoms with Crippen LogP contribution in [0.4, 0.5) is 20.2 Å². The number of pyridine rings is 4. The summed E-state index contributed by atoms with van der Waals surface area (Å²) in [6, 6.07) is 5.88. The van der Waals surface area contributed by atoms with Crippen LogP contribution in [0.1, 0.15) is 27.0 Å². The van der Waals surface area contributed by atoms with Gasteiger partial charge in [-0.3, -0.25) is 14.4 Å². The summed E-state index contributed by atoms with van der Waals surface area (Å²) in [6.07, 6.45) is 7.93. The van der Waals surface area contributed by atoms with Crippen LogP contribution in [0.15, 0.2) is 49.1 Å². The molecule has 208 valence electrons. The minimum atomic E-state index is -0.765. The standard InChI is InChI=1S/C13H6Cl2FN3O.C7H5ClN2O.C6H3ClFNO/c14-10-4-9-8(5-18-10)7(13(20)19-9)3-6-1-2-17-12(15)11(6)16;8-6-2-5-4(3-9-6)1-7(11)10-5;7-6-5(8)4(3-10)1-2-9-6/h1-5H,(H,19,20);2-3H,1H2,(H,10,11);1-3H. The van der Waals surface area contributed by atoms with Crippen LogP contribution in [0.2, 0.25) is 20.6 Å². The molecule has 0 saturated carbocycles. The average Bonchev–Trinajstić information content (AvgIpc) is 3.46. The summed E-state index contributed by atoms with van der Waals surface area (Å²) in [4.78, 5) is 47.6. The third kappa shape index (κ3) is 7.19. The van der Waals surface area contributed by atoms with E-state index in [0.717, 1.165) is 11.3 Å². The zero-order valence-electron chi connectivity index (χ0n) is 20.3. The summed E-state index contributed by atoms with van der Waals surface area (Å²) in [5.74, 6) is -1.79. The van der Waals surface area contributed by atoms with Crippen molar-refractivity contribution in [2.75, 3.05) is 10.6 Å². The van der Waals surface area contributed by atoms with Gasteiger partial charge in [-0.1, -0.05) is 46.4 Å². The number of fused-ring (bicyclic) bond motifs is 2. The van der Waals surface area contributed by atoms with Gasteiger partial charge in [-0.25, -0.2) is 28.7 Å². The number of aldehydes is 1. The van der Waals surface area contributed by atoms with Gasteiger partial charge in [0, 0.05) is 47.2 Å². The SMILES string of the molecule is O=C1Cc2cnc(Cl)cc2N1.O=C1Nc2cc(Cl)ncc2C1=Cc1ccnc(Cl)c1F.O=Cc1ccnc(Cl)c1F. The van der Waals surface area contributed by atoms with E-state index in [0.29, 0.717) is 34.7 Å². The van der Waals surface area contributed by atoms with E-state index >= 15 is 0 Å². The Kier molecular flexibility index (Phi) is 9.56. The van der Waals surface area contributed by atoms with Crippen LogP contribution in [0, 0.1) is 11.6 Å². The van der Waals surface area contributed by atoms with Crippen molar-refractivity contribution >= 4 is 87.5 Å². The van der Waals surface area contributed by atoms with Crippen molar-refractivity contribution in [3.05, 3.63) is 104 Å². The normalized spacial score (nSPS) is 13.7. The van der Waals surface area contributed by atoms with Gasteiger partial charge in [0.05, 0.1) is 23.2 Å². The van der Waals surface area contributed by atoms with E-state index in [2.05, 4.69) is 30.6 Å². The molecule has 0 aromatic carbocycles. The molecule has 2 N–H and O–H groups in total. The summed E-state index contributed by atoms with van der Waals surface area (Å²) >= 11 is 22.2. The molecule has 2 amide bonds. The first-order valence-electron chi connectivity index (χ1n) is 11.3. The second kappa shape index (κ2) is 13.1. The molecule has 0 spiro atoms. The van der Waals surface area contributed by atoms with E-state index in [4.69, 9.17) is 46.4 Å². The Hall–Kier alpha value is -4.03. The lowest BCUT2D eigenvalue weighted by Crippen LogP contribution is -2.03. The number of carbonyl (C=O) groups is 3. The van der Waals surface area contributed by atoms with E-state index < -0.39 is 11.6 Å². The van der Waals surface area contributed by atoms with Gasteiger partial charge in [0.2, 0.25) is 5.91 Å². The van der Waals surface area contributed by atoms with E-state index in [-0.39, 0.29) is 38.4 Å². The number of halogens is 6. The van der Waals surface area contributed by atoms with E-state index in [1.165, 1.54) is 42.9 Å². The molecule has 2 aliphatic rings. The van der Waals surface area contributed by atoms with Crippen molar-refractivity contribution in [3.63, 3.8) is 0 Å². The number of hydrogen-bond donors (Lipinski definition) is 2. The number of anilines is 2. The minimum Gasteiger partial charge on any atom is -0.325 e. The molecule has 0 fully saturated rings. The monoisotopic (exact) mass is 636 g/mol. The van der Waals surface area contributed by atoms with Crippen LogP contribution in [-0.4, -0.2) is 38.0 Å². The number of nitrogens with one attached hydrogen (secondary N) is 2. The first-order valence-corrected chi connectivity index (χ1v) is 12.8. The predicted molar refractivity (Wildman–Crippen MR) is 151 cm³/mol. The zero-order valence-corrected chi connectivity index (χ0v) is 23.3. The zero-order chi connectivity index (χ0) is 29.7. The smallest absolute Gasteiger partial charge is 0.256 e. The molecular formula is C26H14Cl4F2N6O3. The third-order valence-corrected chi connectivity index (χ3v) is 6.35. The Morgan fingerprint density at radius 2 is 1.37 bits per heavy atom. The first kappa shape index (κ1) is 29.9. The summed E-state index contributed by atoms with van der Waals surface area (Å²) in [7, 11) is 0. The van der Waals surface area contributed by atoms with Crippen molar-refractivity contribution in [2.24, 2.45) is 0 Å². The van der Waals surface area contributed by atoms with Crippen molar-refractivity contribution < 1.29 is 23.2 Å². The molecular weight excluding hydrogens is 624 g/mol. The molecule has 0 aliphatic carbocycles. The Labute approximate surface area is 250 Å². The summed E-state index contributed by atoms with van der Waals surface area (Å²) < 4.78 is 26.4. The highest BCUT2D eigenvalue weighted by atomic mass is 35.5. The average molecular weight is 638 g/mol. The lowest BCUT2D eigenvalue weighted by molar-refractivity contribution is -0.115. The van der Waals surface area contributed by atoms with Crippen molar-refractivity contribution in [1.29, 1.82) is 0 Å². The van der Waals surface area contributed by atoms with Crippen molar-refractivity contribution in [2.45, 2.75) is 6.42 Å². The molecule has 0 radical (unpaired) electrons. The van der Waals surface area contributed by atoms with Crippen LogP contribution in [0.25, 0.3) is 11.6 Å². The molecule has 41 heavy (non-hydrogen) atoms. The maximum absolute atomic E-state index is 13.8. The van der Waals surface area contributed by atoms with Crippen molar-refractivity contribution in [3.8, 4) is 0 Å². The maximum atomic E-state index is 13.8. The van der Waals surface area contributed by atoms with E-state index in [9.17, 15) is 23.2 Å². The molecule has 4 aromatic heterocycles.